The summed E-state index contributed by atoms with van der Waals surface area (Å²) in [5.74, 6) is 3.41. The van der Waals surface area contributed by atoms with E-state index in [0.29, 0.717) is 15.0 Å². The SMILES string of the molecule is CC1=CC(C)(C)c2cc3c(cc21)-c1cc2c(cc1[CH]3[Zr+2]([C]1=C(C)C(CC34CC5CC(CC(C5)C3)C4)=CC1C)=[C](c1ccc(C)cc1)c1ccc(C)cc1)C(C)(C)C=C2C.[Cl-].[Cl-]. The molecule has 0 saturated heterocycles. The van der Waals surface area contributed by atoms with Crippen LogP contribution in [0.25, 0.3) is 22.3 Å². The third-order valence-corrected chi connectivity index (χ3v) is 25.9. The Balaban J connectivity index is 0.00000238. The quantitative estimate of drug-likeness (QED) is 0.181. The van der Waals surface area contributed by atoms with E-state index in [1.54, 1.807) is 25.5 Å². The molecule has 1 atom stereocenters. The molecule has 8 aliphatic rings. The summed E-state index contributed by atoms with van der Waals surface area (Å²) in [7, 11) is 0. The molecule has 314 valence electrons. The van der Waals surface area contributed by atoms with Crippen molar-refractivity contribution in [1.82, 2.24) is 0 Å². The number of allylic oxidation sites excluding steroid dienone is 8. The van der Waals surface area contributed by atoms with Gasteiger partial charge in [0.1, 0.15) is 0 Å². The maximum absolute atomic E-state index is 3.07. The zero-order valence-electron chi connectivity index (χ0n) is 38.3. The predicted molar refractivity (Wildman–Crippen MR) is 248 cm³/mol. The second-order valence-corrected chi connectivity index (χ2v) is 28.1. The molecule has 4 bridgehead atoms. The van der Waals surface area contributed by atoms with Gasteiger partial charge in [-0.2, -0.15) is 0 Å². The number of hydrogen-bond donors (Lipinski definition) is 0. The number of rotatable bonds is 6. The fraction of sp³-hybridized carbons (Fsp3) is 0.431. The van der Waals surface area contributed by atoms with Crippen molar-refractivity contribution in [3.05, 3.63) is 161 Å². The molecule has 8 aliphatic carbocycles. The Morgan fingerprint density at radius 2 is 1.02 bits per heavy atom. The molecule has 4 fully saturated rings. The molecule has 4 aromatic carbocycles. The van der Waals surface area contributed by atoms with Crippen molar-refractivity contribution in [2.75, 3.05) is 0 Å². The molecule has 3 heteroatoms. The second-order valence-electron chi connectivity index (χ2n) is 22.1. The fourth-order valence-corrected chi connectivity index (χ4v) is 24.7. The van der Waals surface area contributed by atoms with Crippen molar-refractivity contribution in [3.8, 4) is 11.1 Å². The van der Waals surface area contributed by atoms with Gasteiger partial charge in [0.25, 0.3) is 0 Å². The van der Waals surface area contributed by atoms with Crippen LogP contribution in [0.15, 0.2) is 105 Å². The topological polar surface area (TPSA) is 0 Å². The summed E-state index contributed by atoms with van der Waals surface area (Å²) in [5, 5.41) is 0. The zero-order chi connectivity index (χ0) is 40.9. The van der Waals surface area contributed by atoms with E-state index in [4.69, 9.17) is 0 Å². The average molecular weight is 923 g/mol. The van der Waals surface area contributed by atoms with Crippen molar-refractivity contribution < 1.29 is 46.1 Å². The van der Waals surface area contributed by atoms with Gasteiger partial charge >= 0.3 is 366 Å². The maximum atomic E-state index is 2.81. The molecule has 4 aromatic rings. The standard InChI is InChI=1S/C25H25.C18H25.C15H14.2ClH.Zr/c1-14-12-24(3,4)22-8-16-7-17-9-23-19(15(2)13-25(23,5)6)11-21(17)20(16)10-18(14)22;1-12-3-13(2)17(4-12)11-18-8-14-5-15(9-18)7-16(6-14)10-18;1-12-3-7-14(8-4-12)11-15-9-5-13(2)6-10-15;;;/h7-13H,1-6H3;4,12,14-16H,5-11H2,1-2H3;3-10H,1-2H3;2*1H;/q;;;;;+2/p-2. The van der Waals surface area contributed by atoms with Gasteiger partial charge in [0, 0.05) is 0 Å². The van der Waals surface area contributed by atoms with Crippen molar-refractivity contribution in [2.45, 2.75) is 129 Å². The van der Waals surface area contributed by atoms with E-state index >= 15 is 0 Å². The Bertz CT molecular complexity index is 2490. The van der Waals surface area contributed by atoms with Crippen LogP contribution in [0, 0.1) is 42.9 Å². The van der Waals surface area contributed by atoms with Gasteiger partial charge < -0.3 is 24.8 Å². The van der Waals surface area contributed by atoms with Crippen LogP contribution in [0.2, 0.25) is 0 Å². The summed E-state index contributed by atoms with van der Waals surface area (Å²) in [4.78, 5) is 0. The van der Waals surface area contributed by atoms with Crippen LogP contribution in [-0.4, -0.2) is 3.21 Å². The molecule has 0 spiro atoms. The first-order chi connectivity index (χ1) is 28.1. The summed E-state index contributed by atoms with van der Waals surface area (Å²) < 4.78 is 3.92. The number of halogens is 2. The van der Waals surface area contributed by atoms with E-state index in [1.807, 2.05) is 3.28 Å². The normalized spacial score (nSPS) is 26.6. The molecule has 1 unspecified atom stereocenters. The van der Waals surface area contributed by atoms with Gasteiger partial charge in [-0.15, -0.1) is 0 Å². The Kier molecular flexibility index (Phi) is 10.8. The Morgan fingerprint density at radius 3 is 1.44 bits per heavy atom. The number of fused-ring (bicyclic) bond motifs is 5. The number of hydrogen-bond acceptors (Lipinski definition) is 0. The van der Waals surface area contributed by atoms with Gasteiger partial charge in [0.2, 0.25) is 0 Å². The molecular formula is C58H64Cl2Zr. The number of benzene rings is 4. The van der Waals surface area contributed by atoms with Crippen LogP contribution in [0.5, 0.6) is 0 Å². The van der Waals surface area contributed by atoms with Crippen molar-refractivity contribution >= 4 is 14.4 Å². The Labute approximate surface area is 387 Å². The minimum absolute atomic E-state index is 0. The van der Waals surface area contributed by atoms with Crippen molar-refractivity contribution in [1.29, 1.82) is 0 Å². The van der Waals surface area contributed by atoms with Crippen LogP contribution in [0.4, 0.5) is 0 Å². The molecule has 0 N–H and O–H groups in total. The molecule has 0 nitrogen and oxygen atoms in total. The second kappa shape index (κ2) is 15.1. The number of aryl methyl sites for hydroxylation is 2. The molecule has 0 aromatic heterocycles. The fourth-order valence-electron chi connectivity index (χ4n) is 14.7. The molecule has 4 saturated carbocycles. The average Bonchev–Trinajstić information content (AvgIpc) is 3.79. The van der Waals surface area contributed by atoms with Crippen molar-refractivity contribution in [3.63, 3.8) is 0 Å². The molecule has 0 radical (unpaired) electrons. The molecule has 0 heterocycles. The van der Waals surface area contributed by atoms with Crippen LogP contribution < -0.4 is 24.8 Å². The first-order valence-electron chi connectivity index (χ1n) is 23.2. The summed E-state index contributed by atoms with van der Waals surface area (Å²) >= 11 is -3.07. The van der Waals surface area contributed by atoms with Gasteiger partial charge in [-0.05, 0) is 0 Å². The largest absolute Gasteiger partial charge is 1.00 e. The first-order valence-corrected chi connectivity index (χ1v) is 27.0. The Morgan fingerprint density at radius 1 is 0.590 bits per heavy atom. The zero-order valence-corrected chi connectivity index (χ0v) is 42.2. The third-order valence-electron chi connectivity index (χ3n) is 16.7. The van der Waals surface area contributed by atoms with E-state index in [1.165, 1.54) is 112 Å². The van der Waals surface area contributed by atoms with E-state index in [9.17, 15) is 0 Å². The van der Waals surface area contributed by atoms with Crippen molar-refractivity contribution in [2.24, 2.45) is 29.1 Å². The summed E-state index contributed by atoms with van der Waals surface area (Å²) in [6.45, 7) is 24.2. The Hall–Kier alpha value is -2.83. The monoisotopic (exact) mass is 920 g/mol. The maximum Gasteiger partial charge on any atom is -1.00 e. The molecular weight excluding hydrogens is 859 g/mol. The first kappa shape index (κ1) is 43.4. The van der Waals surface area contributed by atoms with Crippen LogP contribution in [-0.2, 0) is 32.1 Å². The van der Waals surface area contributed by atoms with E-state index in [0.717, 1.165) is 17.8 Å². The smallest absolute Gasteiger partial charge is 1.00 e. The molecule has 0 amide bonds. The minimum Gasteiger partial charge on any atom is -1.00 e. The van der Waals surface area contributed by atoms with Gasteiger partial charge in [-0.3, -0.25) is 0 Å². The predicted octanol–water partition coefficient (Wildman–Crippen LogP) is 9.11. The van der Waals surface area contributed by atoms with Gasteiger partial charge in [-0.1, -0.05) is 0 Å². The van der Waals surface area contributed by atoms with Gasteiger partial charge in [0.15, 0.2) is 0 Å². The minimum atomic E-state index is -3.07. The van der Waals surface area contributed by atoms with E-state index in [2.05, 4.69) is 160 Å². The summed E-state index contributed by atoms with van der Waals surface area (Å²) in [6.07, 6.45) is 18.2. The van der Waals surface area contributed by atoms with E-state index in [-0.39, 0.29) is 35.6 Å². The summed E-state index contributed by atoms with van der Waals surface area (Å²) in [6, 6.07) is 30.2. The summed E-state index contributed by atoms with van der Waals surface area (Å²) in [5.41, 5.74) is 24.6. The van der Waals surface area contributed by atoms with Crippen LogP contribution in [0.3, 0.4) is 0 Å². The molecule has 61 heavy (non-hydrogen) atoms. The van der Waals surface area contributed by atoms with Gasteiger partial charge in [-0.25, -0.2) is 0 Å². The molecule has 12 rings (SSSR count). The molecule has 0 aliphatic heterocycles. The van der Waals surface area contributed by atoms with Crippen LogP contribution >= 0.6 is 0 Å². The van der Waals surface area contributed by atoms with Crippen LogP contribution in [0.1, 0.15) is 160 Å². The third kappa shape index (κ3) is 6.87. The van der Waals surface area contributed by atoms with Gasteiger partial charge in [0.05, 0.1) is 0 Å². The van der Waals surface area contributed by atoms with E-state index < -0.39 is 21.3 Å².